The number of hydrogen-bond donors (Lipinski definition) is 0. The molecule has 1 saturated carbocycles. The molecule has 0 amide bonds. The van der Waals surface area contributed by atoms with Crippen molar-refractivity contribution in [1.29, 1.82) is 0 Å². The minimum atomic E-state index is -0.705. The Morgan fingerprint density at radius 3 is 2.19 bits per heavy atom. The number of halogens is 2. The third-order valence-electron chi connectivity index (χ3n) is 7.89. The van der Waals surface area contributed by atoms with E-state index in [4.69, 9.17) is 4.74 Å². The van der Waals surface area contributed by atoms with Crippen LogP contribution in [0.5, 0.6) is 0 Å². The van der Waals surface area contributed by atoms with Gasteiger partial charge >= 0.3 is 0 Å². The third kappa shape index (κ3) is 5.42. The zero-order valence-electron chi connectivity index (χ0n) is 19.7. The summed E-state index contributed by atoms with van der Waals surface area (Å²) in [6, 6.07) is 11.2. The molecule has 0 N–H and O–H groups in total. The monoisotopic (exact) mass is 440 g/mol. The summed E-state index contributed by atoms with van der Waals surface area (Å²) in [7, 11) is 0. The van der Waals surface area contributed by atoms with Gasteiger partial charge in [0.1, 0.15) is 0 Å². The molecule has 1 heterocycles. The molecule has 174 valence electrons. The first-order valence-electron chi connectivity index (χ1n) is 12.7. The Labute approximate surface area is 192 Å². The van der Waals surface area contributed by atoms with E-state index in [1.165, 1.54) is 38.5 Å². The molecule has 1 aliphatic carbocycles. The number of hydrogen-bond acceptors (Lipinski definition) is 1. The second kappa shape index (κ2) is 10.9. The van der Waals surface area contributed by atoms with E-state index < -0.39 is 11.6 Å². The summed E-state index contributed by atoms with van der Waals surface area (Å²) in [5.41, 5.74) is 2.76. The average molecular weight is 441 g/mol. The molecule has 4 rings (SSSR count). The quantitative estimate of drug-likeness (QED) is 0.392. The van der Waals surface area contributed by atoms with Crippen molar-refractivity contribution in [2.24, 2.45) is 11.8 Å². The lowest BCUT2D eigenvalue weighted by Gasteiger charge is -2.38. The summed E-state index contributed by atoms with van der Waals surface area (Å²) in [5, 5.41) is 0. The van der Waals surface area contributed by atoms with Crippen LogP contribution in [0.3, 0.4) is 0 Å². The van der Waals surface area contributed by atoms with Crippen molar-refractivity contribution in [3.05, 3.63) is 59.2 Å². The predicted octanol–water partition coefficient (Wildman–Crippen LogP) is 8.59. The average Bonchev–Trinajstić information content (AvgIpc) is 2.82. The van der Waals surface area contributed by atoms with Crippen molar-refractivity contribution in [2.75, 3.05) is 6.61 Å². The van der Waals surface area contributed by atoms with Crippen LogP contribution in [0.25, 0.3) is 11.1 Å². The Morgan fingerprint density at radius 1 is 0.812 bits per heavy atom. The van der Waals surface area contributed by atoms with Crippen LogP contribution in [0, 0.1) is 30.4 Å². The van der Waals surface area contributed by atoms with E-state index >= 15 is 4.39 Å². The largest absolute Gasteiger partial charge is 0.378 e. The zero-order valence-corrected chi connectivity index (χ0v) is 19.7. The molecule has 2 aliphatic rings. The molecule has 2 aromatic carbocycles. The number of benzene rings is 2. The highest BCUT2D eigenvalue weighted by atomic mass is 19.2. The van der Waals surface area contributed by atoms with Crippen LogP contribution < -0.4 is 0 Å². The first-order chi connectivity index (χ1) is 15.6. The molecule has 1 aliphatic heterocycles. The summed E-state index contributed by atoms with van der Waals surface area (Å²) in [4.78, 5) is 0. The standard InChI is InChI=1S/C29H38F2O/c1-3-4-5-6-25-16-15-24(19-32-25)21-11-13-23(14-12-21)27-18-17-26(28(30)29(27)31)22-9-7-20(2)8-10-22/h7-10,17-18,21,23-25H,3-6,11-16,19H2,1-2H3. The molecule has 3 heteroatoms. The van der Waals surface area contributed by atoms with Gasteiger partial charge in [-0.2, -0.15) is 0 Å². The van der Waals surface area contributed by atoms with Crippen molar-refractivity contribution < 1.29 is 13.5 Å². The second-order valence-corrected chi connectivity index (χ2v) is 10.1. The number of aryl methyl sites for hydroxylation is 1. The molecule has 0 spiro atoms. The van der Waals surface area contributed by atoms with Crippen LogP contribution in [0.15, 0.2) is 36.4 Å². The van der Waals surface area contributed by atoms with E-state index in [-0.39, 0.29) is 5.92 Å². The molecule has 2 atom stereocenters. The van der Waals surface area contributed by atoms with Crippen LogP contribution in [-0.2, 0) is 4.74 Å². The minimum absolute atomic E-state index is 0.124. The van der Waals surface area contributed by atoms with Crippen molar-refractivity contribution in [3.8, 4) is 11.1 Å². The number of rotatable bonds is 7. The third-order valence-corrected chi connectivity index (χ3v) is 7.89. The Bertz CT molecular complexity index is 859. The van der Waals surface area contributed by atoms with Crippen molar-refractivity contribution in [2.45, 2.75) is 90.1 Å². The summed E-state index contributed by atoms with van der Waals surface area (Å²) in [5.74, 6) is 0.0799. The molecule has 1 saturated heterocycles. The van der Waals surface area contributed by atoms with Crippen LogP contribution in [0.4, 0.5) is 8.78 Å². The normalized spacial score (nSPS) is 26.2. The minimum Gasteiger partial charge on any atom is -0.378 e. The first kappa shape index (κ1) is 23.4. The van der Waals surface area contributed by atoms with Gasteiger partial charge in [0, 0.05) is 5.56 Å². The molecule has 2 aromatic rings. The van der Waals surface area contributed by atoms with Crippen LogP contribution in [0.2, 0.25) is 0 Å². The van der Waals surface area contributed by atoms with Gasteiger partial charge < -0.3 is 4.74 Å². The fourth-order valence-corrected chi connectivity index (χ4v) is 5.79. The SMILES string of the molecule is CCCCCC1CCC(C2CCC(c3ccc(-c4ccc(C)cc4)c(F)c3F)CC2)CO1. The van der Waals surface area contributed by atoms with Gasteiger partial charge in [-0.25, -0.2) is 8.78 Å². The van der Waals surface area contributed by atoms with Crippen molar-refractivity contribution in [1.82, 2.24) is 0 Å². The van der Waals surface area contributed by atoms with Gasteiger partial charge in [-0.05, 0) is 80.8 Å². The maximum atomic E-state index is 15.0. The maximum Gasteiger partial charge on any atom is 0.166 e. The van der Waals surface area contributed by atoms with Crippen molar-refractivity contribution in [3.63, 3.8) is 0 Å². The van der Waals surface area contributed by atoms with Crippen LogP contribution in [0.1, 0.15) is 88.2 Å². The van der Waals surface area contributed by atoms with Gasteiger partial charge in [0.25, 0.3) is 0 Å². The van der Waals surface area contributed by atoms with Crippen LogP contribution in [-0.4, -0.2) is 12.7 Å². The van der Waals surface area contributed by atoms with Gasteiger partial charge in [-0.1, -0.05) is 68.1 Å². The zero-order chi connectivity index (χ0) is 22.5. The lowest BCUT2D eigenvalue weighted by molar-refractivity contribution is -0.0415. The summed E-state index contributed by atoms with van der Waals surface area (Å²) >= 11 is 0. The number of ether oxygens (including phenoxy) is 1. The molecular weight excluding hydrogens is 402 g/mol. The molecule has 1 nitrogen and oxygen atoms in total. The van der Waals surface area contributed by atoms with Gasteiger partial charge in [-0.15, -0.1) is 0 Å². The highest BCUT2D eigenvalue weighted by Crippen LogP contribution is 2.43. The fourth-order valence-electron chi connectivity index (χ4n) is 5.79. The molecule has 32 heavy (non-hydrogen) atoms. The van der Waals surface area contributed by atoms with Gasteiger partial charge in [0.05, 0.1) is 12.7 Å². The fraction of sp³-hybridized carbons (Fsp3) is 0.586. The summed E-state index contributed by atoms with van der Waals surface area (Å²) in [6.07, 6.45) is 12.0. The molecular formula is C29H38F2O. The van der Waals surface area contributed by atoms with Gasteiger partial charge in [0.15, 0.2) is 11.6 Å². The first-order valence-corrected chi connectivity index (χ1v) is 12.7. The predicted molar refractivity (Wildman–Crippen MR) is 128 cm³/mol. The Morgan fingerprint density at radius 2 is 1.53 bits per heavy atom. The van der Waals surface area contributed by atoms with E-state index in [1.54, 1.807) is 6.07 Å². The Hall–Kier alpha value is -1.74. The summed E-state index contributed by atoms with van der Waals surface area (Å²) in [6.45, 7) is 5.12. The second-order valence-electron chi connectivity index (χ2n) is 10.1. The smallest absolute Gasteiger partial charge is 0.166 e. The van der Waals surface area contributed by atoms with E-state index in [0.29, 0.717) is 29.1 Å². The molecule has 0 radical (unpaired) electrons. The van der Waals surface area contributed by atoms with Crippen molar-refractivity contribution >= 4 is 0 Å². The lowest BCUT2D eigenvalue weighted by atomic mass is 9.72. The van der Waals surface area contributed by atoms with E-state index in [9.17, 15) is 4.39 Å². The number of unbranched alkanes of at least 4 members (excludes halogenated alkanes) is 2. The van der Waals surface area contributed by atoms with Gasteiger partial charge in [0.2, 0.25) is 0 Å². The highest BCUT2D eigenvalue weighted by Gasteiger charge is 2.33. The van der Waals surface area contributed by atoms with Crippen LogP contribution >= 0.6 is 0 Å². The topological polar surface area (TPSA) is 9.23 Å². The molecule has 2 fully saturated rings. The van der Waals surface area contributed by atoms with E-state index in [0.717, 1.165) is 43.4 Å². The highest BCUT2D eigenvalue weighted by molar-refractivity contribution is 5.65. The Kier molecular flexibility index (Phi) is 7.99. The lowest BCUT2D eigenvalue weighted by Crippen LogP contribution is -2.32. The molecule has 0 aromatic heterocycles. The van der Waals surface area contributed by atoms with E-state index in [1.807, 2.05) is 37.3 Å². The Balaban J connectivity index is 1.33. The molecule has 0 bridgehead atoms. The van der Waals surface area contributed by atoms with Gasteiger partial charge in [-0.3, -0.25) is 0 Å². The molecule has 2 unspecified atom stereocenters. The van der Waals surface area contributed by atoms with E-state index in [2.05, 4.69) is 6.92 Å². The maximum absolute atomic E-state index is 15.0. The summed E-state index contributed by atoms with van der Waals surface area (Å²) < 4.78 is 36.2.